The van der Waals surface area contributed by atoms with Crippen LogP contribution < -0.4 is 16.0 Å². The number of ether oxygens (including phenoxy) is 2. The van der Waals surface area contributed by atoms with Crippen LogP contribution in [0.4, 0.5) is 16.2 Å². The molecule has 2 aromatic carbocycles. The lowest BCUT2D eigenvalue weighted by Crippen LogP contribution is -2.42. The van der Waals surface area contributed by atoms with Crippen LogP contribution in [0.5, 0.6) is 0 Å². The molecule has 1 unspecified atom stereocenters. The molecule has 0 saturated carbocycles. The van der Waals surface area contributed by atoms with E-state index >= 15 is 0 Å². The van der Waals surface area contributed by atoms with Crippen molar-refractivity contribution in [2.75, 3.05) is 36.2 Å². The number of hydrogen-bond acceptors (Lipinski definition) is 7. The predicted molar refractivity (Wildman–Crippen MR) is 122 cm³/mol. The monoisotopic (exact) mass is 495 g/mol. The normalized spacial score (nSPS) is 16.1. The van der Waals surface area contributed by atoms with Crippen molar-refractivity contribution in [3.05, 3.63) is 59.1 Å². The fourth-order valence-electron chi connectivity index (χ4n) is 3.35. The Morgan fingerprint density at radius 2 is 1.79 bits per heavy atom. The van der Waals surface area contributed by atoms with Gasteiger partial charge in [-0.1, -0.05) is 23.7 Å². The second kappa shape index (κ2) is 10.2. The first-order chi connectivity index (χ1) is 15.6. The maximum absolute atomic E-state index is 12.6. The van der Waals surface area contributed by atoms with Crippen molar-refractivity contribution in [1.29, 1.82) is 0 Å². The van der Waals surface area contributed by atoms with Crippen LogP contribution in [0.1, 0.15) is 10.8 Å². The van der Waals surface area contributed by atoms with Gasteiger partial charge in [0, 0.05) is 29.2 Å². The number of benzene rings is 2. The Bertz CT molecular complexity index is 1140. The molecular formula is C21H22ClN3O7S. The summed E-state index contributed by atoms with van der Waals surface area (Å²) in [5.41, 5.74) is 6.44. The number of nitrogens with two attached hydrogens (primary N) is 1. The van der Waals surface area contributed by atoms with E-state index in [-0.39, 0.29) is 18.1 Å². The molecule has 2 aromatic rings. The number of rotatable bonds is 7. The van der Waals surface area contributed by atoms with Crippen LogP contribution in [-0.4, -0.2) is 58.4 Å². The molecular weight excluding hydrogens is 474 g/mol. The average Bonchev–Trinajstić information content (AvgIpc) is 2.75. The van der Waals surface area contributed by atoms with Gasteiger partial charge in [0.15, 0.2) is 9.84 Å². The van der Waals surface area contributed by atoms with E-state index < -0.39 is 33.2 Å². The lowest BCUT2D eigenvalue weighted by Gasteiger charge is -2.28. The molecule has 0 aromatic heterocycles. The molecule has 10 nitrogen and oxygen atoms in total. The lowest BCUT2D eigenvalue weighted by molar-refractivity contribution is -0.126. The minimum absolute atomic E-state index is 0.0476. The molecule has 1 fully saturated rings. The van der Waals surface area contributed by atoms with Gasteiger partial charge in [-0.15, -0.1) is 0 Å². The van der Waals surface area contributed by atoms with Crippen LogP contribution >= 0.6 is 11.6 Å². The van der Waals surface area contributed by atoms with Crippen LogP contribution in [0.3, 0.4) is 0 Å². The van der Waals surface area contributed by atoms with E-state index in [9.17, 15) is 22.8 Å². The third-order valence-electron chi connectivity index (χ3n) is 4.86. The number of nitrogens with one attached hydrogen (secondary N) is 1. The van der Waals surface area contributed by atoms with Gasteiger partial charge in [0.1, 0.15) is 11.9 Å². The highest BCUT2D eigenvalue weighted by Crippen LogP contribution is 2.30. The summed E-state index contributed by atoms with van der Waals surface area (Å²) < 4.78 is 35.4. The largest absolute Gasteiger partial charge is 0.434 e. The van der Waals surface area contributed by atoms with Crippen molar-refractivity contribution < 1.29 is 32.3 Å². The zero-order valence-corrected chi connectivity index (χ0v) is 19.1. The summed E-state index contributed by atoms with van der Waals surface area (Å²) in [6, 6.07) is 12.0. The van der Waals surface area contributed by atoms with E-state index in [1.54, 1.807) is 12.1 Å². The standard InChI is InChI=1S/C21H22ClN3O7S/c1-33(29,30)19(13-2-8-16(9-3-13)25-10-11-31-12-17(25)26)18(20(23)27)32-21(28)24-15-6-4-14(22)5-7-15/h2-9,18-19H,10-12H2,1H3,(H2,23,27)(H,24,28)/t18?,19-/m0/s1. The summed E-state index contributed by atoms with van der Waals surface area (Å²) in [5, 5.41) is 1.28. The van der Waals surface area contributed by atoms with E-state index in [1.165, 1.54) is 41.3 Å². The van der Waals surface area contributed by atoms with Crippen molar-refractivity contribution >= 4 is 50.7 Å². The number of sulfone groups is 1. The number of carbonyl (C=O) groups excluding carboxylic acids is 3. The highest BCUT2D eigenvalue weighted by molar-refractivity contribution is 7.91. The molecule has 0 spiro atoms. The van der Waals surface area contributed by atoms with Crippen LogP contribution in [0.15, 0.2) is 48.5 Å². The summed E-state index contributed by atoms with van der Waals surface area (Å²) in [6.07, 6.45) is -1.96. The van der Waals surface area contributed by atoms with Crippen LogP contribution in [0.25, 0.3) is 0 Å². The van der Waals surface area contributed by atoms with Crippen molar-refractivity contribution in [1.82, 2.24) is 0 Å². The van der Waals surface area contributed by atoms with Gasteiger partial charge in [-0.3, -0.25) is 14.9 Å². The molecule has 1 aliphatic heterocycles. The first-order valence-electron chi connectivity index (χ1n) is 9.75. The van der Waals surface area contributed by atoms with Crippen LogP contribution in [0, 0.1) is 0 Å². The first-order valence-corrected chi connectivity index (χ1v) is 12.1. The molecule has 0 bridgehead atoms. The molecule has 0 radical (unpaired) electrons. The smallest absolute Gasteiger partial charge is 0.412 e. The third kappa shape index (κ3) is 6.21. The molecule has 3 amide bonds. The zero-order valence-electron chi connectivity index (χ0n) is 17.6. The minimum Gasteiger partial charge on any atom is -0.434 e. The van der Waals surface area contributed by atoms with E-state index in [0.717, 1.165) is 6.26 Å². The summed E-state index contributed by atoms with van der Waals surface area (Å²) in [5.74, 6) is -1.37. The predicted octanol–water partition coefficient (Wildman–Crippen LogP) is 1.89. The SMILES string of the molecule is CS(=O)(=O)[C@@H](c1ccc(N2CCOCC2=O)cc1)C(OC(=O)Nc1ccc(Cl)cc1)C(N)=O. The molecule has 1 saturated heterocycles. The van der Waals surface area contributed by atoms with Crippen molar-refractivity contribution in [3.63, 3.8) is 0 Å². The Labute approximate surface area is 195 Å². The highest BCUT2D eigenvalue weighted by atomic mass is 35.5. The van der Waals surface area contributed by atoms with Gasteiger partial charge in [0.05, 0.1) is 6.61 Å². The number of nitrogens with zero attached hydrogens (tertiary/aromatic N) is 1. The number of morpholine rings is 1. The second-order valence-corrected chi connectivity index (χ2v) is 9.90. The fourth-order valence-corrected chi connectivity index (χ4v) is 4.76. The van der Waals surface area contributed by atoms with Crippen molar-refractivity contribution in [3.8, 4) is 0 Å². The summed E-state index contributed by atoms with van der Waals surface area (Å²) >= 11 is 5.80. The molecule has 3 N–H and O–H groups in total. The first kappa shape index (κ1) is 24.5. The molecule has 2 atom stereocenters. The fraction of sp³-hybridized carbons (Fsp3) is 0.286. The van der Waals surface area contributed by atoms with E-state index in [2.05, 4.69) is 5.32 Å². The van der Waals surface area contributed by atoms with E-state index in [0.29, 0.717) is 29.5 Å². The van der Waals surface area contributed by atoms with Crippen molar-refractivity contribution in [2.45, 2.75) is 11.4 Å². The lowest BCUT2D eigenvalue weighted by atomic mass is 10.1. The molecule has 1 aliphatic rings. The number of hydrogen-bond donors (Lipinski definition) is 2. The van der Waals surface area contributed by atoms with Gasteiger partial charge >= 0.3 is 6.09 Å². The zero-order chi connectivity index (χ0) is 24.2. The van der Waals surface area contributed by atoms with Gasteiger partial charge in [-0.25, -0.2) is 13.2 Å². The van der Waals surface area contributed by atoms with E-state index in [1.807, 2.05) is 0 Å². The van der Waals surface area contributed by atoms with Gasteiger partial charge < -0.3 is 20.1 Å². The second-order valence-electron chi connectivity index (χ2n) is 7.30. The molecule has 176 valence electrons. The highest BCUT2D eigenvalue weighted by Gasteiger charge is 2.39. The Balaban J connectivity index is 1.84. The van der Waals surface area contributed by atoms with Gasteiger partial charge in [0.2, 0.25) is 6.10 Å². The molecule has 12 heteroatoms. The molecule has 1 heterocycles. The quantitative estimate of drug-likeness (QED) is 0.596. The number of primary amides is 1. The average molecular weight is 496 g/mol. The number of amides is 3. The van der Waals surface area contributed by atoms with Crippen LogP contribution in [0.2, 0.25) is 5.02 Å². The maximum atomic E-state index is 12.6. The van der Waals surface area contributed by atoms with Crippen LogP contribution in [-0.2, 0) is 28.9 Å². The minimum atomic E-state index is -3.96. The Morgan fingerprint density at radius 1 is 1.15 bits per heavy atom. The number of carbonyl (C=O) groups is 3. The third-order valence-corrected chi connectivity index (χ3v) is 6.55. The summed E-state index contributed by atoms with van der Waals surface area (Å²) in [7, 11) is -3.96. The summed E-state index contributed by atoms with van der Waals surface area (Å²) in [4.78, 5) is 38.0. The van der Waals surface area contributed by atoms with Gasteiger partial charge in [-0.2, -0.15) is 0 Å². The Hall–Kier alpha value is -3.15. The topological polar surface area (TPSA) is 145 Å². The van der Waals surface area contributed by atoms with Gasteiger partial charge in [-0.05, 0) is 42.0 Å². The van der Waals surface area contributed by atoms with E-state index in [4.69, 9.17) is 26.8 Å². The maximum Gasteiger partial charge on any atom is 0.412 e. The molecule has 3 rings (SSSR count). The molecule has 33 heavy (non-hydrogen) atoms. The Morgan fingerprint density at radius 3 is 2.33 bits per heavy atom. The Kier molecular flexibility index (Phi) is 7.57. The van der Waals surface area contributed by atoms with Crippen molar-refractivity contribution in [2.24, 2.45) is 5.73 Å². The van der Waals surface area contributed by atoms with Gasteiger partial charge in [0.25, 0.3) is 11.8 Å². The number of anilines is 2. The molecule has 0 aliphatic carbocycles. The summed E-state index contributed by atoms with van der Waals surface area (Å²) in [6.45, 7) is 0.680. The number of halogens is 1.